The van der Waals surface area contributed by atoms with Crippen molar-refractivity contribution in [1.82, 2.24) is 19.7 Å². The van der Waals surface area contributed by atoms with Gasteiger partial charge in [0, 0.05) is 18.3 Å². The van der Waals surface area contributed by atoms with E-state index in [1.165, 1.54) is 0 Å². The van der Waals surface area contributed by atoms with Gasteiger partial charge in [0.2, 0.25) is 0 Å². The van der Waals surface area contributed by atoms with Gasteiger partial charge in [-0.2, -0.15) is 5.10 Å². The summed E-state index contributed by atoms with van der Waals surface area (Å²) in [6.45, 7) is 4.91. The molecule has 0 aromatic carbocycles. The van der Waals surface area contributed by atoms with E-state index in [0.29, 0.717) is 17.6 Å². The van der Waals surface area contributed by atoms with Crippen molar-refractivity contribution >= 4 is 11.6 Å². The molecule has 0 aliphatic carbocycles. The van der Waals surface area contributed by atoms with Gasteiger partial charge < -0.3 is 4.57 Å². The minimum absolute atomic E-state index is 0.398. The summed E-state index contributed by atoms with van der Waals surface area (Å²) in [6.07, 6.45) is 3.75. The van der Waals surface area contributed by atoms with Crippen LogP contribution in [0.1, 0.15) is 31.3 Å². The van der Waals surface area contributed by atoms with Crippen molar-refractivity contribution in [1.29, 1.82) is 0 Å². The van der Waals surface area contributed by atoms with Gasteiger partial charge in [-0.05, 0) is 12.1 Å². The minimum atomic E-state index is 0.398. The van der Waals surface area contributed by atoms with Crippen LogP contribution in [0.3, 0.4) is 0 Å². The highest BCUT2D eigenvalue weighted by atomic mass is 35.5. The number of nitrogens with zero attached hydrogens (tertiary/aromatic N) is 4. The van der Waals surface area contributed by atoms with Crippen LogP contribution in [-0.4, -0.2) is 19.7 Å². The Labute approximate surface area is 99.3 Å². The highest BCUT2D eigenvalue weighted by Gasteiger charge is 2.07. The van der Waals surface area contributed by atoms with E-state index in [9.17, 15) is 0 Å². The maximum Gasteiger partial charge on any atom is 0.151 e. The fourth-order valence-corrected chi connectivity index (χ4v) is 1.66. The second kappa shape index (κ2) is 4.61. The molecule has 2 heterocycles. The van der Waals surface area contributed by atoms with Crippen LogP contribution in [0.15, 0.2) is 24.5 Å². The molecule has 0 amide bonds. The fraction of sp³-hybridized carbons (Fsp3) is 0.364. The van der Waals surface area contributed by atoms with Crippen LogP contribution >= 0.6 is 11.6 Å². The normalized spacial score (nSPS) is 11.0. The summed E-state index contributed by atoms with van der Waals surface area (Å²) in [4.78, 5) is 4.32. The summed E-state index contributed by atoms with van der Waals surface area (Å²) in [5.74, 6) is 1.45. The van der Waals surface area contributed by atoms with Crippen molar-refractivity contribution in [3.05, 3.63) is 41.2 Å². The third-order valence-electron chi connectivity index (χ3n) is 2.28. The molecule has 2 aromatic heterocycles. The Bertz CT molecular complexity index is 461. The molecule has 0 aliphatic rings. The highest BCUT2D eigenvalue weighted by molar-refractivity contribution is 6.29. The molecule has 0 saturated heterocycles. The molecule has 0 bridgehead atoms. The van der Waals surface area contributed by atoms with E-state index in [0.717, 1.165) is 11.5 Å². The predicted molar refractivity (Wildman–Crippen MR) is 62.5 cm³/mol. The van der Waals surface area contributed by atoms with Crippen molar-refractivity contribution in [2.24, 2.45) is 0 Å². The molecule has 2 aromatic rings. The van der Waals surface area contributed by atoms with E-state index in [4.69, 9.17) is 11.6 Å². The molecule has 4 nitrogen and oxygen atoms in total. The van der Waals surface area contributed by atoms with Gasteiger partial charge in [0.15, 0.2) is 5.15 Å². The Balaban J connectivity index is 2.20. The standard InChI is InChI=1S/C11H13ClN4/c1-8(2)11-13-5-6-16(11)7-9-3-4-10(12)15-14-9/h3-6,8H,7H2,1-2H3. The van der Waals surface area contributed by atoms with Crippen LogP contribution in [0.25, 0.3) is 0 Å². The van der Waals surface area contributed by atoms with Crippen LogP contribution in [-0.2, 0) is 6.54 Å². The van der Waals surface area contributed by atoms with Gasteiger partial charge in [0.1, 0.15) is 5.82 Å². The number of rotatable bonds is 3. The summed E-state index contributed by atoms with van der Waals surface area (Å²) >= 11 is 5.68. The topological polar surface area (TPSA) is 43.6 Å². The van der Waals surface area contributed by atoms with E-state index < -0.39 is 0 Å². The highest BCUT2D eigenvalue weighted by Crippen LogP contribution is 2.13. The predicted octanol–water partition coefficient (Wildman–Crippen LogP) is 2.50. The van der Waals surface area contributed by atoms with Crippen molar-refractivity contribution in [2.75, 3.05) is 0 Å². The minimum Gasteiger partial charge on any atom is -0.329 e. The van der Waals surface area contributed by atoms with Gasteiger partial charge in [-0.1, -0.05) is 25.4 Å². The van der Waals surface area contributed by atoms with Crippen LogP contribution in [0.5, 0.6) is 0 Å². The van der Waals surface area contributed by atoms with Gasteiger partial charge in [0.25, 0.3) is 0 Å². The fourth-order valence-electron chi connectivity index (χ4n) is 1.56. The summed E-state index contributed by atoms with van der Waals surface area (Å²) in [6, 6.07) is 3.62. The lowest BCUT2D eigenvalue weighted by Gasteiger charge is -2.09. The third-order valence-corrected chi connectivity index (χ3v) is 2.49. The second-order valence-electron chi connectivity index (χ2n) is 3.92. The number of hydrogen-bond acceptors (Lipinski definition) is 3. The molecule has 0 spiro atoms. The molecule has 0 fully saturated rings. The van der Waals surface area contributed by atoms with E-state index in [1.54, 1.807) is 12.3 Å². The summed E-state index contributed by atoms with van der Waals surface area (Å²) in [5.41, 5.74) is 0.879. The van der Waals surface area contributed by atoms with Gasteiger partial charge in [-0.15, -0.1) is 5.10 Å². The molecule has 0 unspecified atom stereocenters. The summed E-state index contributed by atoms with van der Waals surface area (Å²) < 4.78 is 2.07. The molecule has 0 atom stereocenters. The molecular formula is C11H13ClN4. The van der Waals surface area contributed by atoms with Gasteiger partial charge >= 0.3 is 0 Å². The van der Waals surface area contributed by atoms with Crippen LogP contribution < -0.4 is 0 Å². The van der Waals surface area contributed by atoms with Crippen molar-refractivity contribution in [3.8, 4) is 0 Å². The van der Waals surface area contributed by atoms with E-state index in [2.05, 4.69) is 33.6 Å². The zero-order valence-electron chi connectivity index (χ0n) is 9.26. The number of imidazole rings is 1. The first-order valence-corrected chi connectivity index (χ1v) is 5.53. The van der Waals surface area contributed by atoms with E-state index >= 15 is 0 Å². The lowest BCUT2D eigenvalue weighted by Crippen LogP contribution is -2.07. The molecule has 5 heteroatoms. The van der Waals surface area contributed by atoms with Crippen molar-refractivity contribution in [3.63, 3.8) is 0 Å². The van der Waals surface area contributed by atoms with Crippen molar-refractivity contribution in [2.45, 2.75) is 26.3 Å². The molecule has 0 N–H and O–H groups in total. The monoisotopic (exact) mass is 236 g/mol. The first kappa shape index (κ1) is 11.1. The zero-order chi connectivity index (χ0) is 11.5. The largest absolute Gasteiger partial charge is 0.329 e. The number of hydrogen-bond donors (Lipinski definition) is 0. The zero-order valence-corrected chi connectivity index (χ0v) is 10.0. The first-order chi connectivity index (χ1) is 7.66. The second-order valence-corrected chi connectivity index (χ2v) is 4.30. The number of halogens is 1. The third kappa shape index (κ3) is 2.39. The van der Waals surface area contributed by atoms with E-state index in [-0.39, 0.29) is 0 Å². The quantitative estimate of drug-likeness (QED) is 0.823. The average Bonchev–Trinajstić information content (AvgIpc) is 2.69. The van der Waals surface area contributed by atoms with Crippen LogP contribution in [0.2, 0.25) is 5.15 Å². The molecular weight excluding hydrogens is 224 g/mol. The van der Waals surface area contributed by atoms with Gasteiger partial charge in [-0.25, -0.2) is 4.98 Å². The Kier molecular flexibility index (Phi) is 3.19. The maximum absolute atomic E-state index is 5.68. The van der Waals surface area contributed by atoms with Crippen LogP contribution in [0.4, 0.5) is 0 Å². The molecule has 0 saturated carbocycles. The first-order valence-electron chi connectivity index (χ1n) is 5.16. The molecule has 84 valence electrons. The van der Waals surface area contributed by atoms with Crippen molar-refractivity contribution < 1.29 is 0 Å². The number of aromatic nitrogens is 4. The maximum atomic E-state index is 5.68. The summed E-state index contributed by atoms with van der Waals surface area (Å²) in [7, 11) is 0. The molecule has 0 radical (unpaired) electrons. The smallest absolute Gasteiger partial charge is 0.151 e. The lowest BCUT2D eigenvalue weighted by molar-refractivity contribution is 0.655. The Morgan fingerprint density at radius 1 is 1.31 bits per heavy atom. The molecule has 0 aliphatic heterocycles. The lowest BCUT2D eigenvalue weighted by atomic mass is 10.2. The molecule has 16 heavy (non-hydrogen) atoms. The summed E-state index contributed by atoms with van der Waals surface area (Å²) in [5, 5.41) is 8.25. The SMILES string of the molecule is CC(C)c1nccn1Cc1ccc(Cl)nn1. The Morgan fingerprint density at radius 2 is 2.12 bits per heavy atom. The molecule has 2 rings (SSSR count). The average molecular weight is 237 g/mol. The Hall–Kier alpha value is -1.42. The Morgan fingerprint density at radius 3 is 2.75 bits per heavy atom. The van der Waals surface area contributed by atoms with Crippen LogP contribution in [0, 0.1) is 0 Å². The van der Waals surface area contributed by atoms with E-state index in [1.807, 2.05) is 12.3 Å². The van der Waals surface area contributed by atoms with Gasteiger partial charge in [-0.3, -0.25) is 0 Å². The van der Waals surface area contributed by atoms with Gasteiger partial charge in [0.05, 0.1) is 12.2 Å².